The number of halogens is 5. The van der Waals surface area contributed by atoms with Gasteiger partial charge in [-0.25, -0.2) is 15.0 Å². The highest BCUT2D eigenvalue weighted by Gasteiger charge is 2.28. The number of hydrogen-bond acceptors (Lipinski definition) is 3. The van der Waals surface area contributed by atoms with E-state index in [1.54, 1.807) is 6.08 Å². The van der Waals surface area contributed by atoms with Gasteiger partial charge in [-0.3, -0.25) is 0 Å². The second-order valence-electron chi connectivity index (χ2n) is 3.84. The summed E-state index contributed by atoms with van der Waals surface area (Å²) in [5.74, 6) is 1.02. The predicted octanol–water partition coefficient (Wildman–Crippen LogP) is 4.74. The van der Waals surface area contributed by atoms with Crippen molar-refractivity contribution in [3.05, 3.63) is 34.7 Å². The lowest BCUT2D eigenvalue weighted by Gasteiger charge is -2.14. The first-order valence-corrected chi connectivity index (χ1v) is 7.38. The van der Waals surface area contributed by atoms with E-state index in [9.17, 15) is 0 Å². The first kappa shape index (κ1) is 15.3. The highest BCUT2D eigenvalue weighted by atomic mass is 35.6. The maximum Gasteiger partial charge on any atom is 0.250 e. The summed E-state index contributed by atoms with van der Waals surface area (Å²) in [6, 6.07) is 0. The van der Waals surface area contributed by atoms with Crippen LogP contribution in [0.3, 0.4) is 0 Å². The zero-order valence-corrected chi connectivity index (χ0v) is 13.3. The highest BCUT2D eigenvalue weighted by Crippen LogP contribution is 2.36. The first-order chi connectivity index (χ1) is 8.90. The van der Waals surface area contributed by atoms with Crippen molar-refractivity contribution >= 4 is 63.6 Å². The Labute approximate surface area is 135 Å². The van der Waals surface area contributed by atoms with Gasteiger partial charge in [0.15, 0.2) is 11.6 Å². The van der Waals surface area contributed by atoms with Crippen LogP contribution in [0.25, 0.3) is 5.57 Å². The molecule has 0 saturated heterocycles. The Hall–Kier alpha value is -0.0600. The predicted molar refractivity (Wildman–Crippen MR) is 79.8 cm³/mol. The van der Waals surface area contributed by atoms with E-state index in [2.05, 4.69) is 15.0 Å². The lowest BCUT2D eigenvalue weighted by atomic mass is 10.0. The third-order valence-electron chi connectivity index (χ3n) is 2.44. The molecule has 0 spiro atoms. The molecule has 0 aromatic carbocycles. The van der Waals surface area contributed by atoms with Crippen molar-refractivity contribution < 1.29 is 0 Å². The van der Waals surface area contributed by atoms with Gasteiger partial charge in [0.1, 0.15) is 5.82 Å². The standard InChI is InChI=1S/C11H8Cl5N3/c12-5-8-17-9(6-1-3-7(13)4-2-6)19-10(18-8)11(14,15)16/h1,3H,2,4-5H2. The molecule has 1 aromatic rings. The molecule has 1 heterocycles. The van der Waals surface area contributed by atoms with E-state index >= 15 is 0 Å². The van der Waals surface area contributed by atoms with Gasteiger partial charge in [0.2, 0.25) is 3.79 Å². The van der Waals surface area contributed by atoms with Gasteiger partial charge in [0, 0.05) is 5.03 Å². The Morgan fingerprint density at radius 2 is 1.79 bits per heavy atom. The second-order valence-corrected chi connectivity index (χ2v) is 6.87. The Morgan fingerprint density at radius 3 is 2.32 bits per heavy atom. The quantitative estimate of drug-likeness (QED) is 0.716. The van der Waals surface area contributed by atoms with E-state index in [1.807, 2.05) is 6.08 Å². The average Bonchev–Trinajstić information content (AvgIpc) is 2.38. The molecule has 1 aliphatic carbocycles. The highest BCUT2D eigenvalue weighted by molar-refractivity contribution is 6.66. The summed E-state index contributed by atoms with van der Waals surface area (Å²) in [5.41, 5.74) is 0.911. The van der Waals surface area contributed by atoms with Crippen LogP contribution in [0.4, 0.5) is 0 Å². The van der Waals surface area contributed by atoms with Crippen LogP contribution in [0, 0.1) is 0 Å². The van der Waals surface area contributed by atoms with Gasteiger partial charge in [-0.15, -0.1) is 11.6 Å². The Kier molecular flexibility index (Phi) is 4.96. The number of nitrogens with zero attached hydrogens (tertiary/aromatic N) is 3. The van der Waals surface area contributed by atoms with Crippen LogP contribution in [0.5, 0.6) is 0 Å². The van der Waals surface area contributed by atoms with Crippen LogP contribution in [-0.4, -0.2) is 15.0 Å². The van der Waals surface area contributed by atoms with Gasteiger partial charge in [0.05, 0.1) is 5.88 Å². The Morgan fingerprint density at radius 1 is 1.05 bits per heavy atom. The zero-order valence-electron chi connectivity index (χ0n) is 9.51. The van der Waals surface area contributed by atoms with E-state index in [1.165, 1.54) is 0 Å². The van der Waals surface area contributed by atoms with Crippen molar-refractivity contribution in [2.45, 2.75) is 22.5 Å². The van der Waals surface area contributed by atoms with Crippen LogP contribution < -0.4 is 0 Å². The number of allylic oxidation sites excluding steroid dienone is 4. The summed E-state index contributed by atoms with van der Waals surface area (Å²) in [6.45, 7) is 0. The molecule has 0 radical (unpaired) electrons. The summed E-state index contributed by atoms with van der Waals surface area (Å²) < 4.78 is -1.71. The van der Waals surface area contributed by atoms with Crippen molar-refractivity contribution in [1.29, 1.82) is 0 Å². The van der Waals surface area contributed by atoms with Gasteiger partial charge in [0.25, 0.3) is 0 Å². The number of rotatable bonds is 2. The second kappa shape index (κ2) is 6.15. The fourth-order valence-corrected chi connectivity index (χ4v) is 2.08. The maximum absolute atomic E-state index is 5.91. The molecule has 0 amide bonds. The summed E-state index contributed by atoms with van der Waals surface area (Å²) >= 11 is 29.1. The van der Waals surface area contributed by atoms with Crippen molar-refractivity contribution in [2.75, 3.05) is 0 Å². The molecule has 0 atom stereocenters. The minimum atomic E-state index is -1.71. The molecule has 0 bridgehead atoms. The largest absolute Gasteiger partial charge is 0.250 e. The fraction of sp³-hybridized carbons (Fsp3) is 0.364. The minimum Gasteiger partial charge on any atom is -0.212 e. The van der Waals surface area contributed by atoms with Crippen LogP contribution in [-0.2, 0) is 9.67 Å². The number of alkyl halides is 4. The molecule has 19 heavy (non-hydrogen) atoms. The van der Waals surface area contributed by atoms with Crippen molar-refractivity contribution in [2.24, 2.45) is 0 Å². The SMILES string of the molecule is ClCc1nc(C2=CC=C(Cl)CC2)nc(C(Cl)(Cl)Cl)n1. The molecule has 102 valence electrons. The monoisotopic (exact) mass is 357 g/mol. The Bertz CT molecular complexity index is 548. The molecule has 0 saturated carbocycles. The van der Waals surface area contributed by atoms with Crippen LogP contribution >= 0.6 is 58.0 Å². The van der Waals surface area contributed by atoms with Crippen LogP contribution in [0.15, 0.2) is 17.2 Å². The molecular weight excluding hydrogens is 351 g/mol. The molecule has 3 nitrogen and oxygen atoms in total. The van der Waals surface area contributed by atoms with Crippen LogP contribution in [0.2, 0.25) is 0 Å². The van der Waals surface area contributed by atoms with Gasteiger partial charge >= 0.3 is 0 Å². The molecule has 0 unspecified atom stereocenters. The smallest absolute Gasteiger partial charge is 0.212 e. The normalized spacial score (nSPS) is 16.1. The minimum absolute atomic E-state index is 0.0692. The van der Waals surface area contributed by atoms with Crippen molar-refractivity contribution in [3.63, 3.8) is 0 Å². The van der Waals surface area contributed by atoms with Crippen molar-refractivity contribution in [3.8, 4) is 0 Å². The van der Waals surface area contributed by atoms with Gasteiger partial charge in [-0.2, -0.15) is 0 Å². The molecule has 8 heteroatoms. The molecule has 2 rings (SSSR count). The van der Waals surface area contributed by atoms with Gasteiger partial charge in [-0.1, -0.05) is 52.5 Å². The lowest BCUT2D eigenvalue weighted by molar-refractivity contribution is 0.843. The van der Waals surface area contributed by atoms with Crippen LogP contribution in [0.1, 0.15) is 30.3 Å². The molecule has 0 N–H and O–H groups in total. The molecule has 0 aliphatic heterocycles. The summed E-state index contributed by atoms with van der Waals surface area (Å²) in [7, 11) is 0. The number of hydrogen-bond donors (Lipinski definition) is 0. The van der Waals surface area contributed by atoms with E-state index in [-0.39, 0.29) is 11.7 Å². The molecule has 1 aliphatic rings. The molecular formula is C11H8Cl5N3. The Balaban J connectivity index is 2.46. The van der Waals surface area contributed by atoms with Gasteiger partial charge in [-0.05, 0) is 24.5 Å². The third-order valence-corrected chi connectivity index (χ3v) is 3.50. The van der Waals surface area contributed by atoms with E-state index < -0.39 is 3.79 Å². The van der Waals surface area contributed by atoms with E-state index in [0.717, 1.165) is 23.4 Å². The zero-order chi connectivity index (χ0) is 14.0. The van der Waals surface area contributed by atoms with E-state index in [0.29, 0.717) is 11.6 Å². The topological polar surface area (TPSA) is 38.7 Å². The van der Waals surface area contributed by atoms with Gasteiger partial charge < -0.3 is 0 Å². The average molecular weight is 359 g/mol. The summed E-state index contributed by atoms with van der Waals surface area (Å²) in [6.07, 6.45) is 5.11. The lowest BCUT2D eigenvalue weighted by Crippen LogP contribution is -2.13. The maximum atomic E-state index is 5.91. The first-order valence-electron chi connectivity index (χ1n) is 5.34. The van der Waals surface area contributed by atoms with E-state index in [4.69, 9.17) is 58.0 Å². The number of aromatic nitrogens is 3. The third kappa shape index (κ3) is 3.96. The molecule has 0 fully saturated rings. The summed E-state index contributed by atoms with van der Waals surface area (Å²) in [5, 5.41) is 0.789. The summed E-state index contributed by atoms with van der Waals surface area (Å²) in [4.78, 5) is 12.4. The van der Waals surface area contributed by atoms with Crippen molar-refractivity contribution in [1.82, 2.24) is 15.0 Å². The molecule has 1 aromatic heterocycles. The fourth-order valence-electron chi connectivity index (χ4n) is 1.55.